The lowest BCUT2D eigenvalue weighted by Crippen LogP contribution is -2.39. The molecule has 0 radical (unpaired) electrons. The molecule has 0 heterocycles. The van der Waals surface area contributed by atoms with Gasteiger partial charge >= 0.3 is 6.18 Å². The summed E-state index contributed by atoms with van der Waals surface area (Å²) in [6.45, 7) is 0.886. The maximum atomic E-state index is 13.5. The highest BCUT2D eigenvalue weighted by Crippen LogP contribution is 2.38. The van der Waals surface area contributed by atoms with Crippen molar-refractivity contribution in [2.75, 3.05) is 18.0 Å². The zero-order valence-corrected chi connectivity index (χ0v) is 22.5. The topological polar surface area (TPSA) is 88.1 Å². The number of hydrogen-bond donors (Lipinski definition) is 1. The lowest BCUT2D eigenvalue weighted by Gasteiger charge is -2.25. The molecule has 0 saturated heterocycles. The monoisotopic (exact) mass is 617 g/mol. The predicted octanol–water partition coefficient (Wildman–Crippen LogP) is 5.78. The molecule has 13 heteroatoms. The Morgan fingerprint density at radius 3 is 2.43 bits per heavy atom. The molecule has 196 valence electrons. The van der Waals surface area contributed by atoms with Gasteiger partial charge in [-0.15, -0.1) is 0 Å². The third-order valence-corrected chi connectivity index (χ3v) is 7.64. The van der Waals surface area contributed by atoms with Gasteiger partial charge in [0.1, 0.15) is 12.3 Å². The number of methoxy groups -OCH3 is 1. The van der Waals surface area contributed by atoms with Gasteiger partial charge in [0, 0.05) is 10.0 Å². The van der Waals surface area contributed by atoms with Crippen molar-refractivity contribution < 1.29 is 31.1 Å². The van der Waals surface area contributed by atoms with E-state index in [0.717, 1.165) is 22.2 Å². The number of hydrogen-bond acceptors (Lipinski definition) is 5. The minimum atomic E-state index is -4.85. The fraction of sp³-hybridized carbons (Fsp3) is 0.167. The van der Waals surface area contributed by atoms with Gasteiger partial charge in [0.15, 0.2) is 0 Å². The molecule has 0 unspecified atom stereocenters. The van der Waals surface area contributed by atoms with Gasteiger partial charge in [-0.05, 0) is 55.5 Å². The number of nitrogens with zero attached hydrogens (tertiary/aromatic N) is 2. The van der Waals surface area contributed by atoms with E-state index in [1.807, 2.05) is 0 Å². The average molecular weight is 619 g/mol. The van der Waals surface area contributed by atoms with Crippen LogP contribution in [0, 0.1) is 6.92 Å². The number of carbonyl (C=O) groups is 1. The van der Waals surface area contributed by atoms with Gasteiger partial charge in [-0.25, -0.2) is 13.8 Å². The first-order valence-electron chi connectivity index (χ1n) is 10.4. The molecule has 1 amide bonds. The molecule has 0 fully saturated rings. The number of carbonyl (C=O) groups excluding carboxylic acids is 1. The summed E-state index contributed by atoms with van der Waals surface area (Å²) in [6.07, 6.45) is -3.56. The molecule has 3 aromatic carbocycles. The predicted molar refractivity (Wildman–Crippen MR) is 139 cm³/mol. The number of aryl methyl sites for hydroxylation is 1. The van der Waals surface area contributed by atoms with Crippen LogP contribution in [0.4, 0.5) is 18.9 Å². The summed E-state index contributed by atoms with van der Waals surface area (Å²) in [4.78, 5) is 12.5. The number of ether oxygens (including phenoxy) is 1. The van der Waals surface area contributed by atoms with E-state index in [1.165, 1.54) is 37.6 Å². The van der Waals surface area contributed by atoms with Crippen molar-refractivity contribution in [3.05, 3.63) is 86.8 Å². The number of amides is 1. The summed E-state index contributed by atoms with van der Waals surface area (Å²) in [5.41, 5.74) is 1.84. The Morgan fingerprint density at radius 1 is 1.14 bits per heavy atom. The lowest BCUT2D eigenvalue weighted by atomic mass is 10.2. The molecule has 0 spiro atoms. The highest BCUT2D eigenvalue weighted by atomic mass is 79.9. The van der Waals surface area contributed by atoms with Crippen molar-refractivity contribution in [2.24, 2.45) is 5.10 Å². The van der Waals surface area contributed by atoms with E-state index < -0.39 is 44.9 Å². The van der Waals surface area contributed by atoms with Gasteiger partial charge in [-0.2, -0.15) is 18.3 Å². The zero-order chi connectivity index (χ0) is 27.4. The number of sulfonamides is 1. The number of alkyl halides is 3. The third-order valence-electron chi connectivity index (χ3n) is 5.02. The first kappa shape index (κ1) is 28.5. The molecule has 7 nitrogen and oxygen atoms in total. The fourth-order valence-electron chi connectivity index (χ4n) is 3.18. The molecule has 0 aromatic heterocycles. The Balaban J connectivity index is 1.96. The molecule has 0 aliphatic carbocycles. The summed E-state index contributed by atoms with van der Waals surface area (Å²) in [7, 11) is -3.00. The molecule has 0 aliphatic heterocycles. The van der Waals surface area contributed by atoms with E-state index in [2.05, 4.69) is 26.5 Å². The SMILES string of the molecule is COc1ccc(Br)cc1/C=N\NC(=O)CN(c1ccc(Cl)c(C(F)(F)F)c1)S(=O)(=O)c1ccc(C)cc1. The van der Waals surface area contributed by atoms with Gasteiger partial charge in [0.25, 0.3) is 15.9 Å². The Hall–Kier alpha value is -3.09. The molecule has 0 aliphatic rings. The van der Waals surface area contributed by atoms with Crippen LogP contribution in [-0.2, 0) is 21.0 Å². The Morgan fingerprint density at radius 2 is 1.81 bits per heavy atom. The number of anilines is 1. The summed E-state index contributed by atoms with van der Waals surface area (Å²) in [5.74, 6) is -0.435. The highest BCUT2D eigenvalue weighted by molar-refractivity contribution is 9.10. The molecule has 3 aromatic rings. The zero-order valence-electron chi connectivity index (χ0n) is 19.4. The smallest absolute Gasteiger partial charge is 0.417 e. The lowest BCUT2D eigenvalue weighted by molar-refractivity contribution is -0.137. The van der Waals surface area contributed by atoms with E-state index >= 15 is 0 Å². The molecule has 0 saturated carbocycles. The van der Waals surface area contributed by atoms with Crippen molar-refractivity contribution in [3.8, 4) is 5.75 Å². The minimum Gasteiger partial charge on any atom is -0.496 e. The second kappa shape index (κ2) is 11.5. The van der Waals surface area contributed by atoms with E-state index in [1.54, 1.807) is 25.1 Å². The van der Waals surface area contributed by atoms with Crippen LogP contribution >= 0.6 is 27.5 Å². The number of hydrazone groups is 1. The van der Waals surface area contributed by atoms with Gasteiger partial charge in [0.2, 0.25) is 0 Å². The molecule has 3 rings (SSSR count). The summed E-state index contributed by atoms with van der Waals surface area (Å²) in [5, 5.41) is 3.22. The Bertz CT molecular complexity index is 1430. The van der Waals surface area contributed by atoms with Gasteiger partial charge in [-0.3, -0.25) is 9.10 Å². The fourth-order valence-corrected chi connectivity index (χ4v) is 5.20. The molecule has 37 heavy (non-hydrogen) atoms. The van der Waals surface area contributed by atoms with E-state index in [9.17, 15) is 26.4 Å². The van der Waals surface area contributed by atoms with Crippen molar-refractivity contribution >= 4 is 55.4 Å². The van der Waals surface area contributed by atoms with Crippen LogP contribution in [0.5, 0.6) is 5.75 Å². The van der Waals surface area contributed by atoms with Crippen molar-refractivity contribution in [3.63, 3.8) is 0 Å². The second-order valence-corrected chi connectivity index (χ2v) is 10.9. The normalized spacial score (nSPS) is 12.0. The van der Waals surface area contributed by atoms with Crippen molar-refractivity contribution in [1.82, 2.24) is 5.43 Å². The number of nitrogens with one attached hydrogen (secondary N) is 1. The van der Waals surface area contributed by atoms with Crippen LogP contribution in [0.1, 0.15) is 16.7 Å². The van der Waals surface area contributed by atoms with E-state index in [4.69, 9.17) is 16.3 Å². The molecular formula is C24H20BrClF3N3O4S. The number of halogens is 5. The van der Waals surface area contributed by atoms with Gasteiger partial charge < -0.3 is 4.74 Å². The van der Waals surface area contributed by atoms with Crippen molar-refractivity contribution in [2.45, 2.75) is 18.0 Å². The Labute approximate surface area is 225 Å². The summed E-state index contributed by atoms with van der Waals surface area (Å²) < 4.78 is 73.7. The molecule has 0 bridgehead atoms. The largest absolute Gasteiger partial charge is 0.496 e. The number of rotatable bonds is 8. The maximum absolute atomic E-state index is 13.5. The van der Waals surface area contributed by atoms with Crippen LogP contribution in [0.3, 0.4) is 0 Å². The van der Waals surface area contributed by atoms with Crippen LogP contribution in [0.2, 0.25) is 5.02 Å². The first-order valence-corrected chi connectivity index (χ1v) is 13.1. The van der Waals surface area contributed by atoms with Gasteiger partial charge in [0.05, 0.1) is 34.5 Å². The maximum Gasteiger partial charge on any atom is 0.417 e. The molecule has 1 N–H and O–H groups in total. The van der Waals surface area contributed by atoms with Crippen LogP contribution < -0.4 is 14.5 Å². The van der Waals surface area contributed by atoms with Crippen LogP contribution in [0.15, 0.2) is 75.1 Å². The minimum absolute atomic E-state index is 0.211. The first-order chi connectivity index (χ1) is 17.3. The van der Waals surface area contributed by atoms with E-state index in [0.29, 0.717) is 21.7 Å². The number of benzene rings is 3. The highest BCUT2D eigenvalue weighted by Gasteiger charge is 2.35. The van der Waals surface area contributed by atoms with Gasteiger partial charge in [-0.1, -0.05) is 45.2 Å². The van der Waals surface area contributed by atoms with Crippen LogP contribution in [0.25, 0.3) is 0 Å². The van der Waals surface area contributed by atoms with E-state index in [-0.39, 0.29) is 4.90 Å². The van der Waals surface area contributed by atoms with Crippen LogP contribution in [-0.4, -0.2) is 34.2 Å². The third kappa shape index (κ3) is 7.02. The Kier molecular flexibility index (Phi) is 8.88. The molecular weight excluding hydrogens is 599 g/mol. The standard InChI is InChI=1S/C24H20BrClF3N3O4S/c1-15-3-7-19(8-4-15)37(34,35)32(18-6-9-21(26)20(12-18)24(27,28)29)14-23(33)31-30-13-16-11-17(25)5-10-22(16)36-2/h3-13H,14H2,1-2H3,(H,31,33)/b30-13-. The quantitative estimate of drug-likeness (QED) is 0.256. The summed E-state index contributed by atoms with van der Waals surface area (Å²) in [6, 6.07) is 13.3. The second-order valence-electron chi connectivity index (χ2n) is 7.67. The average Bonchev–Trinajstić information content (AvgIpc) is 2.82. The molecule has 0 atom stereocenters. The van der Waals surface area contributed by atoms with Crippen molar-refractivity contribution in [1.29, 1.82) is 0 Å². The summed E-state index contributed by atoms with van der Waals surface area (Å²) >= 11 is 9.01.